The van der Waals surface area contributed by atoms with Crippen LogP contribution in [-0.4, -0.2) is 32.4 Å². The van der Waals surface area contributed by atoms with E-state index in [0.717, 1.165) is 11.3 Å². The van der Waals surface area contributed by atoms with Crippen LogP contribution in [0.15, 0.2) is 40.6 Å². The molecule has 2 aromatic rings. The van der Waals surface area contributed by atoms with Crippen LogP contribution >= 0.6 is 11.3 Å². The quantitative estimate of drug-likeness (QED) is 0.765. The van der Waals surface area contributed by atoms with Gasteiger partial charge < -0.3 is 10.4 Å². The van der Waals surface area contributed by atoms with Gasteiger partial charge in [-0.05, 0) is 25.2 Å². The van der Waals surface area contributed by atoms with Crippen molar-refractivity contribution in [3.8, 4) is 0 Å². The van der Waals surface area contributed by atoms with Crippen molar-refractivity contribution in [3.63, 3.8) is 0 Å². The Kier molecular flexibility index (Phi) is 4.59. The predicted molar refractivity (Wildman–Crippen MR) is 81.9 cm³/mol. The Bertz CT molecular complexity index is 826. The molecule has 1 amide bonds. The molecule has 0 radical (unpaired) electrons. The zero-order chi connectivity index (χ0) is 16.3. The molecule has 0 aliphatic rings. The molecule has 0 aliphatic carbocycles. The van der Waals surface area contributed by atoms with Gasteiger partial charge >= 0.3 is 5.97 Å². The van der Waals surface area contributed by atoms with Crippen LogP contribution in [0.5, 0.6) is 0 Å². The number of hydrogen-bond donors (Lipinski definition) is 3. The fourth-order valence-corrected chi connectivity index (χ4v) is 3.56. The van der Waals surface area contributed by atoms with Crippen molar-refractivity contribution < 1.29 is 23.1 Å². The van der Waals surface area contributed by atoms with Gasteiger partial charge in [-0.3, -0.25) is 4.79 Å². The highest BCUT2D eigenvalue weighted by Crippen LogP contribution is 2.21. The van der Waals surface area contributed by atoms with Crippen LogP contribution in [0.4, 0.5) is 5.69 Å². The molecule has 0 unspecified atom stereocenters. The summed E-state index contributed by atoms with van der Waals surface area (Å²) in [6, 6.07) is 7.19. The highest BCUT2D eigenvalue weighted by Gasteiger charge is 2.18. The number of carboxylic acid groups (broad SMARTS) is 1. The lowest BCUT2D eigenvalue weighted by atomic mass is 10.2. The van der Waals surface area contributed by atoms with Crippen LogP contribution in [0.1, 0.15) is 20.0 Å². The fraction of sp³-hybridized carbons (Fsp3) is 0.0769. The number of rotatable bonds is 5. The summed E-state index contributed by atoms with van der Waals surface area (Å²) >= 11 is 0.955. The monoisotopic (exact) mass is 340 g/mol. The molecule has 0 atom stereocenters. The van der Waals surface area contributed by atoms with Gasteiger partial charge in [0.15, 0.2) is 0 Å². The number of hydrogen-bond acceptors (Lipinski definition) is 5. The van der Waals surface area contributed by atoms with E-state index in [-0.39, 0.29) is 21.0 Å². The van der Waals surface area contributed by atoms with Gasteiger partial charge in [-0.15, -0.1) is 11.3 Å². The number of sulfonamides is 1. The second-order valence-corrected chi connectivity index (χ2v) is 6.96. The first-order chi connectivity index (χ1) is 10.3. The second-order valence-electron chi connectivity index (χ2n) is 4.16. The largest absolute Gasteiger partial charge is 0.478 e. The Morgan fingerprint density at radius 1 is 1.23 bits per heavy atom. The van der Waals surface area contributed by atoms with Crippen molar-refractivity contribution in [3.05, 3.63) is 46.2 Å². The predicted octanol–water partition coefficient (Wildman–Crippen LogP) is 1.61. The molecule has 22 heavy (non-hydrogen) atoms. The van der Waals surface area contributed by atoms with Crippen molar-refractivity contribution in [2.45, 2.75) is 4.90 Å². The molecule has 0 spiro atoms. The Labute approximate surface area is 130 Å². The number of carboxylic acids is 1. The maximum absolute atomic E-state index is 12.1. The maximum Gasteiger partial charge on any atom is 0.337 e. The lowest BCUT2D eigenvalue weighted by Crippen LogP contribution is -2.18. The van der Waals surface area contributed by atoms with E-state index in [1.807, 2.05) is 0 Å². The number of carbonyl (C=O) groups excluding carboxylic acids is 1. The molecule has 7 nitrogen and oxygen atoms in total. The highest BCUT2D eigenvalue weighted by molar-refractivity contribution is 7.89. The molecule has 1 aromatic carbocycles. The number of benzene rings is 1. The smallest absolute Gasteiger partial charge is 0.337 e. The number of anilines is 1. The van der Waals surface area contributed by atoms with E-state index in [1.165, 1.54) is 30.6 Å². The third-order valence-electron chi connectivity index (χ3n) is 2.78. The van der Waals surface area contributed by atoms with Crippen LogP contribution in [0.3, 0.4) is 0 Å². The SMILES string of the molecule is CNS(=O)(=O)c1csc(C(=O)Nc2ccccc2C(=O)O)c1. The van der Waals surface area contributed by atoms with Gasteiger partial charge in [0, 0.05) is 5.38 Å². The summed E-state index contributed by atoms with van der Waals surface area (Å²) < 4.78 is 25.4. The molecule has 3 N–H and O–H groups in total. The summed E-state index contributed by atoms with van der Waals surface area (Å²) in [4.78, 5) is 23.3. The molecule has 9 heteroatoms. The molecule has 0 fully saturated rings. The van der Waals surface area contributed by atoms with Gasteiger partial charge in [-0.25, -0.2) is 17.9 Å². The van der Waals surface area contributed by atoms with Crippen molar-refractivity contribution in [1.29, 1.82) is 0 Å². The second kappa shape index (κ2) is 6.26. The third kappa shape index (κ3) is 3.32. The molecule has 2 rings (SSSR count). The minimum atomic E-state index is -3.62. The zero-order valence-electron chi connectivity index (χ0n) is 11.4. The summed E-state index contributed by atoms with van der Waals surface area (Å²) in [7, 11) is -2.35. The van der Waals surface area contributed by atoms with E-state index in [2.05, 4.69) is 10.0 Å². The lowest BCUT2D eigenvalue weighted by molar-refractivity contribution is 0.0698. The van der Waals surface area contributed by atoms with Crippen LogP contribution in [-0.2, 0) is 10.0 Å². The molecule has 0 saturated heterocycles. The Morgan fingerprint density at radius 3 is 2.55 bits per heavy atom. The average molecular weight is 340 g/mol. The first-order valence-electron chi connectivity index (χ1n) is 6.01. The average Bonchev–Trinajstić information content (AvgIpc) is 2.98. The number of thiophene rings is 1. The zero-order valence-corrected chi connectivity index (χ0v) is 13.0. The summed E-state index contributed by atoms with van der Waals surface area (Å²) in [5.41, 5.74) is 0.0990. The van der Waals surface area contributed by atoms with Crippen LogP contribution < -0.4 is 10.0 Å². The number of aromatic carboxylic acids is 1. The molecule has 1 aromatic heterocycles. The van der Waals surface area contributed by atoms with Gasteiger partial charge in [0.2, 0.25) is 10.0 Å². The van der Waals surface area contributed by atoms with Crippen molar-refractivity contribution in [2.24, 2.45) is 0 Å². The third-order valence-corrected chi connectivity index (χ3v) is 5.26. The first kappa shape index (κ1) is 16.1. The number of para-hydroxylation sites is 1. The molecule has 0 saturated carbocycles. The number of amides is 1. The standard InChI is InChI=1S/C13H12N2O5S2/c1-14-22(19,20)8-6-11(21-7-8)12(16)15-10-5-3-2-4-9(10)13(17)18/h2-7,14H,1H3,(H,15,16)(H,17,18). The fourth-order valence-electron chi connectivity index (χ4n) is 1.66. The molecule has 0 bridgehead atoms. The van der Waals surface area contributed by atoms with Gasteiger partial charge in [-0.2, -0.15) is 0 Å². The molecule has 0 aliphatic heterocycles. The topological polar surface area (TPSA) is 113 Å². The van der Waals surface area contributed by atoms with E-state index >= 15 is 0 Å². The molecular formula is C13H12N2O5S2. The Balaban J connectivity index is 2.26. The molecular weight excluding hydrogens is 328 g/mol. The van der Waals surface area contributed by atoms with Gasteiger partial charge in [-0.1, -0.05) is 12.1 Å². The number of nitrogens with one attached hydrogen (secondary N) is 2. The van der Waals surface area contributed by atoms with Crippen LogP contribution in [0.2, 0.25) is 0 Å². The first-order valence-corrected chi connectivity index (χ1v) is 8.37. The Morgan fingerprint density at radius 2 is 1.91 bits per heavy atom. The van der Waals surface area contributed by atoms with E-state index in [0.29, 0.717) is 0 Å². The number of carbonyl (C=O) groups is 2. The van der Waals surface area contributed by atoms with E-state index in [9.17, 15) is 18.0 Å². The van der Waals surface area contributed by atoms with Gasteiger partial charge in [0.1, 0.15) is 0 Å². The van der Waals surface area contributed by atoms with E-state index in [1.54, 1.807) is 12.1 Å². The summed E-state index contributed by atoms with van der Waals surface area (Å²) in [6.45, 7) is 0. The van der Waals surface area contributed by atoms with Crippen LogP contribution in [0, 0.1) is 0 Å². The Hall–Kier alpha value is -2.23. The molecule has 116 valence electrons. The van der Waals surface area contributed by atoms with Gasteiger partial charge in [0.05, 0.1) is 21.0 Å². The lowest BCUT2D eigenvalue weighted by Gasteiger charge is -2.06. The summed E-state index contributed by atoms with van der Waals surface area (Å²) in [5, 5.41) is 12.9. The maximum atomic E-state index is 12.1. The van der Waals surface area contributed by atoms with Crippen molar-refractivity contribution in [1.82, 2.24) is 4.72 Å². The van der Waals surface area contributed by atoms with E-state index in [4.69, 9.17) is 5.11 Å². The normalized spacial score (nSPS) is 11.1. The van der Waals surface area contributed by atoms with E-state index < -0.39 is 21.9 Å². The van der Waals surface area contributed by atoms with Crippen molar-refractivity contribution >= 4 is 38.9 Å². The minimum Gasteiger partial charge on any atom is -0.478 e. The summed E-state index contributed by atoms with van der Waals surface area (Å²) in [5.74, 6) is -1.74. The van der Waals surface area contributed by atoms with Gasteiger partial charge in [0.25, 0.3) is 5.91 Å². The van der Waals surface area contributed by atoms with Crippen LogP contribution in [0.25, 0.3) is 0 Å². The van der Waals surface area contributed by atoms with Crippen molar-refractivity contribution in [2.75, 3.05) is 12.4 Å². The minimum absolute atomic E-state index is 0.0170. The highest BCUT2D eigenvalue weighted by atomic mass is 32.2. The summed E-state index contributed by atoms with van der Waals surface area (Å²) in [6.07, 6.45) is 0. The molecule has 1 heterocycles.